The highest BCUT2D eigenvalue weighted by Gasteiger charge is 2.12. The maximum atomic E-state index is 10.8. The molecule has 0 aromatic heterocycles. The van der Waals surface area contributed by atoms with Crippen molar-refractivity contribution in [2.45, 2.75) is 25.9 Å². The van der Waals surface area contributed by atoms with Gasteiger partial charge in [0.2, 0.25) is 0 Å². The molecule has 14 heavy (non-hydrogen) atoms. The van der Waals surface area contributed by atoms with E-state index in [1.807, 2.05) is 6.92 Å². The lowest BCUT2D eigenvalue weighted by molar-refractivity contribution is -0.144. The minimum atomic E-state index is -2.89. The van der Waals surface area contributed by atoms with Gasteiger partial charge in [-0.1, -0.05) is 19.9 Å². The van der Waals surface area contributed by atoms with Gasteiger partial charge in [0.25, 0.3) is 11.0 Å². The summed E-state index contributed by atoms with van der Waals surface area (Å²) in [6.07, 6.45) is 1.83. The minimum Gasteiger partial charge on any atom is -0.457 e. The molecule has 0 aliphatic carbocycles. The van der Waals surface area contributed by atoms with Gasteiger partial charge in [0, 0.05) is 6.08 Å². The SMILES string of the molecule is C=CC(=O)OC(CCC)CO[SH](=O)=O. The van der Waals surface area contributed by atoms with Crippen molar-refractivity contribution in [3.8, 4) is 0 Å². The zero-order chi connectivity index (χ0) is 11.0. The largest absolute Gasteiger partial charge is 0.457 e. The first-order chi connectivity index (χ1) is 6.60. The van der Waals surface area contributed by atoms with Crippen molar-refractivity contribution < 1.29 is 22.1 Å². The van der Waals surface area contributed by atoms with Gasteiger partial charge in [-0.05, 0) is 6.42 Å². The smallest absolute Gasteiger partial charge is 0.330 e. The van der Waals surface area contributed by atoms with Gasteiger partial charge in [-0.2, -0.15) is 0 Å². The summed E-state index contributed by atoms with van der Waals surface area (Å²) in [5, 5.41) is 0. The summed E-state index contributed by atoms with van der Waals surface area (Å²) >= 11 is 0. The molecule has 0 rings (SSSR count). The van der Waals surface area contributed by atoms with Crippen LogP contribution in [0.3, 0.4) is 0 Å². The molecule has 0 amide bonds. The van der Waals surface area contributed by atoms with Gasteiger partial charge >= 0.3 is 5.97 Å². The highest BCUT2D eigenvalue weighted by molar-refractivity contribution is 7.67. The fourth-order valence-corrected chi connectivity index (χ4v) is 1.14. The summed E-state index contributed by atoms with van der Waals surface area (Å²) in [5.74, 6) is -0.576. The Morgan fingerprint density at radius 1 is 1.57 bits per heavy atom. The number of carbonyl (C=O) groups excluding carboxylic acids is 1. The molecule has 1 unspecified atom stereocenters. The molecule has 0 fully saturated rings. The molecule has 0 aliphatic heterocycles. The van der Waals surface area contributed by atoms with E-state index in [0.29, 0.717) is 6.42 Å². The van der Waals surface area contributed by atoms with Gasteiger partial charge in [-0.3, -0.25) is 4.18 Å². The predicted molar refractivity (Wildman–Crippen MR) is 51.3 cm³/mol. The van der Waals surface area contributed by atoms with Crippen molar-refractivity contribution in [1.82, 2.24) is 0 Å². The average Bonchev–Trinajstić information content (AvgIpc) is 2.14. The summed E-state index contributed by atoms with van der Waals surface area (Å²) in [5.41, 5.74) is 0. The first kappa shape index (κ1) is 13.1. The Balaban J connectivity index is 4.00. The van der Waals surface area contributed by atoms with E-state index in [9.17, 15) is 13.2 Å². The number of rotatable bonds is 7. The number of ether oxygens (including phenoxy) is 1. The topological polar surface area (TPSA) is 69.7 Å². The van der Waals surface area contributed by atoms with Gasteiger partial charge < -0.3 is 4.74 Å². The van der Waals surface area contributed by atoms with E-state index in [4.69, 9.17) is 4.74 Å². The second-order valence-corrected chi connectivity index (χ2v) is 3.28. The molecule has 1 atom stereocenters. The number of thiol groups is 1. The number of hydrogen-bond donors (Lipinski definition) is 1. The lowest BCUT2D eigenvalue weighted by Crippen LogP contribution is -2.22. The van der Waals surface area contributed by atoms with Crippen molar-refractivity contribution >= 4 is 17.0 Å². The lowest BCUT2D eigenvalue weighted by atomic mass is 10.2. The molecule has 0 radical (unpaired) electrons. The number of carbonyl (C=O) groups is 1. The summed E-state index contributed by atoms with van der Waals surface area (Å²) in [4.78, 5) is 10.8. The first-order valence-electron chi connectivity index (χ1n) is 4.20. The van der Waals surface area contributed by atoms with Crippen LogP contribution >= 0.6 is 0 Å². The quantitative estimate of drug-likeness (QED) is 0.384. The van der Waals surface area contributed by atoms with Crippen LogP contribution in [0.25, 0.3) is 0 Å². The van der Waals surface area contributed by atoms with E-state index in [1.165, 1.54) is 0 Å². The Morgan fingerprint density at radius 3 is 2.64 bits per heavy atom. The maximum absolute atomic E-state index is 10.8. The monoisotopic (exact) mass is 222 g/mol. The van der Waals surface area contributed by atoms with Gasteiger partial charge in [-0.15, -0.1) is 0 Å². The standard InChI is InChI=1S/C8H14O5S/c1-3-5-7(6-12-14(10)11)13-8(9)4-2/h4,7,14H,2-3,5-6H2,1H3. The fourth-order valence-electron chi connectivity index (χ4n) is 0.855. The summed E-state index contributed by atoms with van der Waals surface area (Å²) in [7, 11) is -2.89. The average molecular weight is 222 g/mol. The van der Waals surface area contributed by atoms with Crippen molar-refractivity contribution in [3.05, 3.63) is 12.7 Å². The number of hydrogen-bond acceptors (Lipinski definition) is 5. The van der Waals surface area contributed by atoms with Crippen molar-refractivity contribution in [1.29, 1.82) is 0 Å². The zero-order valence-electron chi connectivity index (χ0n) is 7.97. The fraction of sp³-hybridized carbons (Fsp3) is 0.625. The third kappa shape index (κ3) is 6.62. The van der Waals surface area contributed by atoms with Crippen LogP contribution in [0.15, 0.2) is 12.7 Å². The third-order valence-electron chi connectivity index (χ3n) is 1.43. The Bertz CT molecular complexity index is 250. The molecule has 0 saturated heterocycles. The van der Waals surface area contributed by atoms with Crippen LogP contribution in [-0.4, -0.2) is 27.1 Å². The molecule has 5 nitrogen and oxygen atoms in total. The van der Waals surface area contributed by atoms with Gasteiger partial charge in [0.05, 0.1) is 0 Å². The molecule has 0 heterocycles. The Labute approximate surface area is 84.9 Å². The van der Waals surface area contributed by atoms with Crippen LogP contribution in [0.2, 0.25) is 0 Å². The van der Waals surface area contributed by atoms with E-state index in [1.54, 1.807) is 0 Å². The molecule has 6 heteroatoms. The van der Waals surface area contributed by atoms with Crippen LogP contribution in [0.1, 0.15) is 19.8 Å². The van der Waals surface area contributed by atoms with Crippen LogP contribution < -0.4 is 0 Å². The van der Waals surface area contributed by atoms with E-state index in [-0.39, 0.29) is 6.61 Å². The lowest BCUT2D eigenvalue weighted by Gasteiger charge is -2.13. The third-order valence-corrected chi connectivity index (χ3v) is 1.79. The van der Waals surface area contributed by atoms with E-state index >= 15 is 0 Å². The molecule has 82 valence electrons. The van der Waals surface area contributed by atoms with Crippen molar-refractivity contribution in [2.75, 3.05) is 6.61 Å². The second-order valence-electron chi connectivity index (χ2n) is 2.57. The molecule has 0 saturated carbocycles. The summed E-state index contributed by atoms with van der Waals surface area (Å²) < 4.78 is 29.4. The van der Waals surface area contributed by atoms with Gasteiger partial charge in [0.1, 0.15) is 12.7 Å². The number of esters is 1. The highest BCUT2D eigenvalue weighted by atomic mass is 32.2. The van der Waals surface area contributed by atoms with Crippen molar-refractivity contribution in [2.24, 2.45) is 0 Å². The Morgan fingerprint density at radius 2 is 2.21 bits per heavy atom. The predicted octanol–water partition coefficient (Wildman–Crippen LogP) is 0.427. The van der Waals surface area contributed by atoms with E-state index in [2.05, 4.69) is 10.8 Å². The molecule has 0 N–H and O–H groups in total. The molecule has 0 bridgehead atoms. The van der Waals surface area contributed by atoms with Crippen LogP contribution in [0, 0.1) is 0 Å². The zero-order valence-corrected chi connectivity index (χ0v) is 8.87. The van der Waals surface area contributed by atoms with Crippen LogP contribution in [0.5, 0.6) is 0 Å². The maximum Gasteiger partial charge on any atom is 0.330 e. The highest BCUT2D eigenvalue weighted by Crippen LogP contribution is 2.03. The molecular formula is C8H14O5S. The molecular weight excluding hydrogens is 208 g/mol. The van der Waals surface area contributed by atoms with E-state index < -0.39 is 23.1 Å². The minimum absolute atomic E-state index is 0.133. The second kappa shape index (κ2) is 7.52. The van der Waals surface area contributed by atoms with Crippen LogP contribution in [-0.2, 0) is 24.7 Å². The summed E-state index contributed by atoms with van der Waals surface area (Å²) in [6, 6.07) is 0. The summed E-state index contributed by atoms with van der Waals surface area (Å²) in [6.45, 7) is 5.00. The van der Waals surface area contributed by atoms with E-state index in [0.717, 1.165) is 12.5 Å². The Hall–Kier alpha value is -0.880. The van der Waals surface area contributed by atoms with Gasteiger partial charge in [0.15, 0.2) is 0 Å². The Kier molecular flexibility index (Phi) is 7.04. The molecule has 0 aromatic rings. The van der Waals surface area contributed by atoms with Crippen molar-refractivity contribution in [3.63, 3.8) is 0 Å². The van der Waals surface area contributed by atoms with Crippen LogP contribution in [0.4, 0.5) is 0 Å². The molecule has 0 aromatic carbocycles. The molecule has 0 aliphatic rings. The van der Waals surface area contributed by atoms with Gasteiger partial charge in [-0.25, -0.2) is 13.2 Å². The molecule has 0 spiro atoms. The first-order valence-corrected chi connectivity index (χ1v) is 5.30. The normalized spacial score (nSPS) is 12.4.